The van der Waals surface area contributed by atoms with Gasteiger partial charge in [-0.1, -0.05) is 31.3 Å². The second-order valence-corrected chi connectivity index (χ2v) is 12.0. The molecule has 1 aromatic heterocycles. The predicted molar refractivity (Wildman–Crippen MR) is 171 cm³/mol. The van der Waals surface area contributed by atoms with Crippen LogP contribution in [0.5, 0.6) is 28.7 Å². The highest BCUT2D eigenvalue weighted by atomic mass is 32.1. The third-order valence-electron chi connectivity index (χ3n) is 7.58. The summed E-state index contributed by atoms with van der Waals surface area (Å²) in [7, 11) is 1.53. The first-order valence-electron chi connectivity index (χ1n) is 14.8. The van der Waals surface area contributed by atoms with Crippen molar-refractivity contribution in [2.24, 2.45) is 5.92 Å². The van der Waals surface area contributed by atoms with E-state index in [1.807, 2.05) is 25.1 Å². The van der Waals surface area contributed by atoms with Gasteiger partial charge in [0.05, 0.1) is 42.2 Å². The topological polar surface area (TPSA) is 117 Å². The largest absolute Gasteiger partial charge is 0.507 e. The Bertz CT molecular complexity index is 1800. The van der Waals surface area contributed by atoms with Gasteiger partial charge in [-0.15, -0.1) is 0 Å². The predicted octanol–water partition coefficient (Wildman–Crippen LogP) is 6.53. The van der Waals surface area contributed by atoms with Crippen LogP contribution < -0.4 is 28.6 Å². The van der Waals surface area contributed by atoms with E-state index in [0.29, 0.717) is 82.9 Å². The van der Waals surface area contributed by atoms with Crippen LogP contribution in [0.15, 0.2) is 60.2 Å². The average molecular weight is 631 g/mol. The summed E-state index contributed by atoms with van der Waals surface area (Å²) in [5, 5.41) is 12.0. The van der Waals surface area contributed by atoms with Gasteiger partial charge in [-0.25, -0.2) is 4.98 Å². The molecule has 1 amide bonds. The molecule has 1 saturated heterocycles. The van der Waals surface area contributed by atoms with Gasteiger partial charge in [0, 0.05) is 5.56 Å². The van der Waals surface area contributed by atoms with Crippen LogP contribution in [0, 0.1) is 5.92 Å². The number of fused-ring (bicyclic) bond motifs is 2. The van der Waals surface area contributed by atoms with Gasteiger partial charge in [-0.2, -0.15) is 0 Å². The first-order valence-corrected chi connectivity index (χ1v) is 15.7. The van der Waals surface area contributed by atoms with Crippen LogP contribution in [0.3, 0.4) is 0 Å². The van der Waals surface area contributed by atoms with E-state index in [2.05, 4.69) is 13.8 Å². The maximum atomic E-state index is 13.8. The number of carbonyl (C=O) groups excluding carboxylic acids is 2. The summed E-state index contributed by atoms with van der Waals surface area (Å²) in [6.45, 7) is 7.92. The van der Waals surface area contributed by atoms with E-state index in [4.69, 9.17) is 28.7 Å². The molecule has 11 heteroatoms. The van der Waals surface area contributed by atoms with Crippen molar-refractivity contribution in [2.45, 2.75) is 33.2 Å². The van der Waals surface area contributed by atoms with E-state index in [-0.39, 0.29) is 11.3 Å². The molecule has 0 aliphatic carbocycles. The molecule has 1 N–H and O–H groups in total. The summed E-state index contributed by atoms with van der Waals surface area (Å²) in [5.41, 5.74) is 1.42. The molecule has 4 aromatic rings. The number of amides is 1. The number of methoxy groups -OCH3 is 1. The van der Waals surface area contributed by atoms with Crippen LogP contribution in [0.25, 0.3) is 16.0 Å². The number of nitrogens with zero attached hydrogens (tertiary/aromatic N) is 2. The van der Waals surface area contributed by atoms with Crippen molar-refractivity contribution in [1.82, 2.24) is 4.98 Å². The van der Waals surface area contributed by atoms with Crippen LogP contribution in [0.4, 0.5) is 5.13 Å². The molecule has 2 aliphatic rings. The van der Waals surface area contributed by atoms with E-state index in [1.165, 1.54) is 23.3 Å². The van der Waals surface area contributed by atoms with Gasteiger partial charge in [0.1, 0.15) is 24.7 Å². The van der Waals surface area contributed by atoms with Crippen molar-refractivity contribution in [3.05, 3.63) is 71.3 Å². The molecule has 0 unspecified atom stereocenters. The van der Waals surface area contributed by atoms with Crippen molar-refractivity contribution >= 4 is 44.1 Å². The van der Waals surface area contributed by atoms with Gasteiger partial charge < -0.3 is 28.8 Å². The summed E-state index contributed by atoms with van der Waals surface area (Å²) in [5.74, 6) is 1.11. The van der Waals surface area contributed by atoms with Crippen molar-refractivity contribution in [1.29, 1.82) is 0 Å². The number of aromatic nitrogens is 1. The number of hydrogen-bond acceptors (Lipinski definition) is 10. The molecule has 2 aliphatic heterocycles. The number of rotatable bonds is 10. The van der Waals surface area contributed by atoms with Crippen LogP contribution in [-0.4, -0.2) is 55.3 Å². The molecule has 3 heterocycles. The third-order valence-corrected chi connectivity index (χ3v) is 8.60. The Hall–Kier alpha value is -4.77. The van der Waals surface area contributed by atoms with Gasteiger partial charge in [0.15, 0.2) is 28.1 Å². The summed E-state index contributed by atoms with van der Waals surface area (Å²) in [4.78, 5) is 33.7. The Morgan fingerprint density at radius 3 is 2.58 bits per heavy atom. The molecule has 10 nitrogen and oxygen atoms in total. The first kappa shape index (κ1) is 30.3. The van der Waals surface area contributed by atoms with E-state index >= 15 is 0 Å². The Labute approximate surface area is 264 Å². The SMILES string of the molecule is CCOc1ccc2nc(N3C(=O)C(=O)C(=C(O)c4ccc5c(c4)OCCO5)[C@@H]3c3ccc(OCCC(C)C)c(OC)c3)sc2c1. The normalized spacial score (nSPS) is 17.3. The summed E-state index contributed by atoms with van der Waals surface area (Å²) >= 11 is 1.26. The lowest BCUT2D eigenvalue weighted by Crippen LogP contribution is -2.29. The molecule has 234 valence electrons. The zero-order chi connectivity index (χ0) is 31.7. The number of Topliss-reactive ketones (excluding diaryl/α,β-unsaturated/α-hetero) is 1. The van der Waals surface area contributed by atoms with E-state index in [9.17, 15) is 14.7 Å². The highest BCUT2D eigenvalue weighted by Crippen LogP contribution is 2.46. The lowest BCUT2D eigenvalue weighted by molar-refractivity contribution is -0.132. The molecule has 6 rings (SSSR count). The quantitative estimate of drug-likeness (QED) is 0.119. The Balaban J connectivity index is 1.48. The molecule has 0 spiro atoms. The third kappa shape index (κ3) is 5.87. The van der Waals surface area contributed by atoms with Crippen molar-refractivity contribution in [3.63, 3.8) is 0 Å². The lowest BCUT2D eigenvalue weighted by Gasteiger charge is -2.24. The molecule has 1 fully saturated rings. The number of thiazole rings is 1. The Morgan fingerprint density at radius 2 is 1.82 bits per heavy atom. The molecular formula is C34H34N2O8S. The van der Waals surface area contributed by atoms with E-state index in [0.717, 1.165) is 11.1 Å². The van der Waals surface area contributed by atoms with Crippen LogP contribution in [0.1, 0.15) is 44.4 Å². The molecule has 0 radical (unpaired) electrons. The van der Waals surface area contributed by atoms with Gasteiger partial charge in [-0.05, 0) is 73.4 Å². The number of hydrogen-bond donors (Lipinski definition) is 1. The first-order chi connectivity index (χ1) is 21.8. The second kappa shape index (κ2) is 12.7. The van der Waals surface area contributed by atoms with Gasteiger partial charge in [-0.3, -0.25) is 14.5 Å². The number of aliphatic hydroxyl groups is 1. The Kier molecular flexibility index (Phi) is 8.53. The monoisotopic (exact) mass is 630 g/mol. The minimum atomic E-state index is -1.01. The molecule has 0 bridgehead atoms. The smallest absolute Gasteiger partial charge is 0.301 e. The number of anilines is 1. The zero-order valence-corrected chi connectivity index (χ0v) is 26.3. The van der Waals surface area contributed by atoms with Crippen molar-refractivity contribution < 1.29 is 38.4 Å². The maximum absolute atomic E-state index is 13.8. The summed E-state index contributed by atoms with van der Waals surface area (Å²) < 4.78 is 29.4. The lowest BCUT2D eigenvalue weighted by atomic mass is 9.95. The van der Waals surface area contributed by atoms with Crippen LogP contribution in [-0.2, 0) is 9.59 Å². The molecule has 3 aromatic carbocycles. The van der Waals surface area contributed by atoms with Gasteiger partial charge in [0.25, 0.3) is 5.78 Å². The summed E-state index contributed by atoms with van der Waals surface area (Å²) in [6, 6.07) is 14.6. The van der Waals surface area contributed by atoms with Crippen molar-refractivity contribution in [3.8, 4) is 28.7 Å². The highest BCUT2D eigenvalue weighted by molar-refractivity contribution is 7.22. The van der Waals surface area contributed by atoms with Gasteiger partial charge in [0.2, 0.25) is 0 Å². The number of ketones is 1. The standard InChI is InChI=1S/C34H34N2O8S/c1-5-41-22-8-9-23-28(18-22)45-34(35-23)36-30(20-6-10-24(26(16-20)40-4)42-13-12-19(2)3)29(32(38)33(36)39)31(37)21-7-11-25-27(17-21)44-15-14-43-25/h6-11,16-19,30,37H,5,12-15H2,1-4H3/t30-/m0/s1. The number of benzene rings is 3. The molecule has 1 atom stereocenters. The fraction of sp³-hybridized carbons (Fsp3) is 0.324. The molecular weight excluding hydrogens is 596 g/mol. The van der Waals surface area contributed by atoms with E-state index < -0.39 is 17.7 Å². The number of aliphatic hydroxyl groups excluding tert-OH is 1. The molecule has 45 heavy (non-hydrogen) atoms. The Morgan fingerprint density at radius 1 is 1.02 bits per heavy atom. The maximum Gasteiger partial charge on any atom is 0.301 e. The zero-order valence-electron chi connectivity index (χ0n) is 25.5. The summed E-state index contributed by atoms with van der Waals surface area (Å²) in [6.07, 6.45) is 0.864. The fourth-order valence-electron chi connectivity index (χ4n) is 5.32. The van der Waals surface area contributed by atoms with Crippen LogP contribution >= 0.6 is 11.3 Å². The van der Waals surface area contributed by atoms with Crippen molar-refractivity contribution in [2.75, 3.05) is 38.4 Å². The minimum absolute atomic E-state index is 0.0820. The molecule has 0 saturated carbocycles. The van der Waals surface area contributed by atoms with Crippen LogP contribution in [0.2, 0.25) is 0 Å². The minimum Gasteiger partial charge on any atom is -0.507 e. The van der Waals surface area contributed by atoms with Gasteiger partial charge >= 0.3 is 5.91 Å². The highest BCUT2D eigenvalue weighted by Gasteiger charge is 2.48. The number of carbonyl (C=O) groups is 2. The average Bonchev–Trinajstić information content (AvgIpc) is 3.57. The fourth-order valence-corrected chi connectivity index (χ4v) is 6.34. The van der Waals surface area contributed by atoms with E-state index in [1.54, 1.807) is 36.4 Å². The second-order valence-electron chi connectivity index (χ2n) is 11.0. The number of ether oxygens (including phenoxy) is 5.